The van der Waals surface area contributed by atoms with Crippen molar-refractivity contribution in [2.45, 2.75) is 19.4 Å². The van der Waals surface area contributed by atoms with E-state index in [4.69, 9.17) is 5.84 Å². The summed E-state index contributed by atoms with van der Waals surface area (Å²) in [6.45, 7) is 6.87. The highest BCUT2D eigenvalue weighted by Crippen LogP contribution is 2.37. The van der Waals surface area contributed by atoms with E-state index in [-0.39, 0.29) is 0 Å². The van der Waals surface area contributed by atoms with Crippen LogP contribution in [-0.4, -0.2) is 41.0 Å². The van der Waals surface area contributed by atoms with Gasteiger partial charge < -0.3 is 4.98 Å². The number of nitrogens with one attached hydrogen (secondary N) is 1. The minimum absolute atomic E-state index is 0.306. The van der Waals surface area contributed by atoms with Crippen LogP contribution < -0.4 is 5.84 Å². The fourth-order valence-corrected chi connectivity index (χ4v) is 3.91. The lowest BCUT2D eigenvalue weighted by Crippen LogP contribution is -2.37. The smallest absolute Gasteiger partial charge is 0.141 e. The first-order valence-electron chi connectivity index (χ1n) is 8.99. The van der Waals surface area contributed by atoms with Crippen LogP contribution >= 0.6 is 0 Å². The Hall–Kier alpha value is -2.70. The highest BCUT2D eigenvalue weighted by molar-refractivity contribution is 5.87. The Morgan fingerprint density at radius 3 is 2.96 bits per heavy atom. The number of hydrogen-bond acceptors (Lipinski definition) is 5. The molecule has 1 aromatic carbocycles. The lowest BCUT2D eigenvalue weighted by Gasteiger charge is -2.34. The molecule has 6 nitrogen and oxygen atoms in total. The van der Waals surface area contributed by atoms with Gasteiger partial charge in [-0.05, 0) is 37.7 Å². The van der Waals surface area contributed by atoms with Crippen LogP contribution in [0.15, 0.2) is 58.3 Å². The molecule has 6 heteroatoms. The number of hydrazine groups is 1. The average molecular weight is 348 g/mol. The van der Waals surface area contributed by atoms with Crippen molar-refractivity contribution in [3.05, 3.63) is 59.4 Å². The molecule has 0 saturated carbocycles. The van der Waals surface area contributed by atoms with E-state index in [1.54, 1.807) is 11.3 Å². The summed E-state index contributed by atoms with van der Waals surface area (Å²) >= 11 is 0. The van der Waals surface area contributed by atoms with Crippen molar-refractivity contribution in [2.24, 2.45) is 21.7 Å². The molecule has 2 aliphatic heterocycles. The van der Waals surface area contributed by atoms with E-state index in [1.807, 2.05) is 12.3 Å². The molecule has 2 aromatic rings. The SMILES string of the molecule is C=N/C(=C1/c2cc[nH]c2N=CN1N)C1CCCN(Cc2ccccc2)C1. The number of nitrogens with two attached hydrogens (primary N) is 1. The Labute approximate surface area is 153 Å². The number of aromatic nitrogens is 1. The van der Waals surface area contributed by atoms with E-state index in [9.17, 15) is 0 Å². The Morgan fingerprint density at radius 2 is 2.15 bits per heavy atom. The van der Waals surface area contributed by atoms with Gasteiger partial charge in [-0.2, -0.15) is 0 Å². The molecule has 0 bridgehead atoms. The number of benzene rings is 1. The van der Waals surface area contributed by atoms with Crippen LogP contribution in [0.1, 0.15) is 24.0 Å². The van der Waals surface area contributed by atoms with Crippen LogP contribution in [0.2, 0.25) is 0 Å². The molecule has 0 spiro atoms. The van der Waals surface area contributed by atoms with E-state index >= 15 is 0 Å². The van der Waals surface area contributed by atoms with E-state index in [2.05, 4.69) is 56.9 Å². The fraction of sp³-hybridized carbons (Fsp3) is 0.300. The Morgan fingerprint density at radius 1 is 1.31 bits per heavy atom. The molecule has 2 aliphatic rings. The zero-order valence-electron chi connectivity index (χ0n) is 14.8. The van der Waals surface area contributed by atoms with Gasteiger partial charge >= 0.3 is 0 Å². The van der Waals surface area contributed by atoms with Crippen LogP contribution in [0, 0.1) is 5.92 Å². The number of fused-ring (bicyclic) bond motifs is 1. The fourth-order valence-electron chi connectivity index (χ4n) is 3.91. The molecule has 1 fully saturated rings. The second-order valence-corrected chi connectivity index (χ2v) is 6.84. The molecule has 1 unspecified atom stereocenters. The third-order valence-electron chi connectivity index (χ3n) is 5.10. The van der Waals surface area contributed by atoms with Crippen LogP contribution in [-0.2, 0) is 6.54 Å². The van der Waals surface area contributed by atoms with Crippen LogP contribution in [0.4, 0.5) is 5.82 Å². The van der Waals surface area contributed by atoms with E-state index in [0.717, 1.165) is 55.3 Å². The van der Waals surface area contributed by atoms with Crippen molar-refractivity contribution in [3.63, 3.8) is 0 Å². The van der Waals surface area contributed by atoms with Gasteiger partial charge in [0.25, 0.3) is 0 Å². The molecule has 1 saturated heterocycles. The molecule has 3 N–H and O–H groups in total. The zero-order chi connectivity index (χ0) is 17.9. The summed E-state index contributed by atoms with van der Waals surface area (Å²) in [6, 6.07) is 12.6. The van der Waals surface area contributed by atoms with E-state index < -0.39 is 0 Å². The van der Waals surface area contributed by atoms with Gasteiger partial charge in [0.15, 0.2) is 0 Å². The van der Waals surface area contributed by atoms with Gasteiger partial charge in [-0.1, -0.05) is 30.3 Å². The summed E-state index contributed by atoms with van der Waals surface area (Å²) in [5.74, 6) is 7.33. The topological polar surface area (TPSA) is 73.0 Å². The Kier molecular flexibility index (Phi) is 4.69. The highest BCUT2D eigenvalue weighted by Gasteiger charge is 2.29. The standard InChI is InChI=1S/C20H24N6/c1-22-18(19-17-9-10-23-20(17)24-14-26(19)21)16-8-5-11-25(13-16)12-15-6-3-2-4-7-15/h2-4,6-7,9-10,14,16,23H,1,5,8,11-13,21H2/b19-18-. The second kappa shape index (κ2) is 7.27. The van der Waals surface area contributed by atoms with E-state index in [0.29, 0.717) is 5.92 Å². The molecule has 0 amide bonds. The maximum Gasteiger partial charge on any atom is 0.141 e. The molecular weight excluding hydrogens is 324 g/mol. The van der Waals surface area contributed by atoms with Crippen molar-refractivity contribution < 1.29 is 0 Å². The van der Waals surface area contributed by atoms with Crippen molar-refractivity contribution >= 4 is 24.6 Å². The molecule has 4 rings (SSSR count). The third-order valence-corrected chi connectivity index (χ3v) is 5.10. The highest BCUT2D eigenvalue weighted by atomic mass is 15.4. The summed E-state index contributed by atoms with van der Waals surface area (Å²) in [5, 5.41) is 1.57. The lowest BCUT2D eigenvalue weighted by molar-refractivity contribution is 0.183. The van der Waals surface area contributed by atoms with Gasteiger partial charge in [-0.15, -0.1) is 0 Å². The first-order valence-corrected chi connectivity index (χ1v) is 8.99. The summed E-state index contributed by atoms with van der Waals surface area (Å²) in [7, 11) is 0. The predicted molar refractivity (Wildman–Crippen MR) is 106 cm³/mol. The van der Waals surface area contributed by atoms with Crippen molar-refractivity contribution in [1.29, 1.82) is 0 Å². The summed E-state index contributed by atoms with van der Waals surface area (Å²) in [6.07, 6.45) is 5.74. The lowest BCUT2D eigenvalue weighted by atomic mass is 9.91. The monoisotopic (exact) mass is 348 g/mol. The normalized spacial score (nSPS) is 22.2. The zero-order valence-corrected chi connectivity index (χ0v) is 14.8. The minimum Gasteiger partial charge on any atom is -0.346 e. The Bertz CT molecular complexity index is 835. The number of aromatic amines is 1. The second-order valence-electron chi connectivity index (χ2n) is 6.84. The number of rotatable bonds is 4. The molecule has 0 radical (unpaired) electrons. The first kappa shape index (κ1) is 16.8. The number of nitrogens with zero attached hydrogens (tertiary/aromatic N) is 4. The minimum atomic E-state index is 0.306. The number of likely N-dealkylation sites (tertiary alicyclic amines) is 1. The number of H-pyrrole nitrogens is 1. The predicted octanol–water partition coefficient (Wildman–Crippen LogP) is 3.15. The van der Waals surface area contributed by atoms with Crippen LogP contribution in [0.5, 0.6) is 0 Å². The van der Waals surface area contributed by atoms with Crippen molar-refractivity contribution in [3.8, 4) is 0 Å². The molecule has 0 aliphatic carbocycles. The molecule has 3 heterocycles. The van der Waals surface area contributed by atoms with Gasteiger partial charge in [-0.25, -0.2) is 10.8 Å². The van der Waals surface area contributed by atoms with Crippen LogP contribution in [0.25, 0.3) is 5.70 Å². The summed E-state index contributed by atoms with van der Waals surface area (Å²) in [4.78, 5) is 14.4. The average Bonchev–Trinajstić information content (AvgIpc) is 3.14. The number of aliphatic imine (C=N–C) groups is 2. The maximum atomic E-state index is 6.21. The molecule has 26 heavy (non-hydrogen) atoms. The van der Waals surface area contributed by atoms with Gasteiger partial charge in [0.2, 0.25) is 0 Å². The van der Waals surface area contributed by atoms with Gasteiger partial charge in [0, 0.05) is 30.8 Å². The van der Waals surface area contributed by atoms with Crippen molar-refractivity contribution in [2.75, 3.05) is 13.1 Å². The van der Waals surface area contributed by atoms with Gasteiger partial charge in [-0.3, -0.25) is 14.9 Å². The Balaban J connectivity index is 1.60. The molecule has 1 atom stereocenters. The summed E-state index contributed by atoms with van der Waals surface area (Å²) < 4.78 is 0. The van der Waals surface area contributed by atoms with Gasteiger partial charge in [0.05, 0.1) is 11.4 Å². The first-order chi connectivity index (χ1) is 12.8. The molecule has 134 valence electrons. The van der Waals surface area contributed by atoms with Gasteiger partial charge in [0.1, 0.15) is 12.2 Å². The largest absolute Gasteiger partial charge is 0.346 e. The van der Waals surface area contributed by atoms with E-state index in [1.165, 1.54) is 5.56 Å². The quantitative estimate of drug-likeness (QED) is 0.658. The number of hydrogen-bond donors (Lipinski definition) is 2. The van der Waals surface area contributed by atoms with Crippen molar-refractivity contribution in [1.82, 2.24) is 14.9 Å². The maximum absolute atomic E-state index is 6.21. The number of piperidine rings is 1. The third kappa shape index (κ3) is 3.21. The molecular formula is C20H24N6. The molecule has 1 aromatic heterocycles. The van der Waals surface area contributed by atoms with Crippen LogP contribution in [0.3, 0.4) is 0 Å². The summed E-state index contributed by atoms with van der Waals surface area (Å²) in [5.41, 5.74) is 4.18.